The third-order valence-corrected chi connectivity index (χ3v) is 2.17. The number of nitrogens with one attached hydrogen (secondary N) is 1. The summed E-state index contributed by atoms with van der Waals surface area (Å²) in [6.07, 6.45) is -3.25. The quantitative estimate of drug-likeness (QED) is 0.855. The van der Waals surface area contributed by atoms with Gasteiger partial charge in [-0.05, 0) is 18.6 Å². The van der Waals surface area contributed by atoms with Crippen molar-refractivity contribution < 1.29 is 26.7 Å². The van der Waals surface area contributed by atoms with Crippen LogP contribution >= 0.6 is 0 Å². The largest absolute Gasteiger partial charge is 0.463 e. The summed E-state index contributed by atoms with van der Waals surface area (Å²) in [5.74, 6) is -7.80. The molecule has 1 unspecified atom stereocenters. The van der Waals surface area contributed by atoms with Crippen LogP contribution in [0.2, 0.25) is 0 Å². The van der Waals surface area contributed by atoms with Crippen molar-refractivity contribution in [3.8, 4) is 0 Å². The second-order valence-corrected chi connectivity index (χ2v) is 3.55. The van der Waals surface area contributed by atoms with Gasteiger partial charge in [0.2, 0.25) is 0 Å². The van der Waals surface area contributed by atoms with Crippen molar-refractivity contribution in [2.24, 2.45) is 0 Å². The van der Waals surface area contributed by atoms with Crippen LogP contribution < -0.4 is 5.32 Å². The van der Waals surface area contributed by atoms with Gasteiger partial charge in [-0.25, -0.2) is 0 Å². The van der Waals surface area contributed by atoms with Crippen molar-refractivity contribution in [1.82, 2.24) is 10.3 Å². The minimum atomic E-state index is -5.91. The standard InChI is InChI=1S/C10H9F5N2O/c1-6(7-3-2-4-16-5-7)17-8(18)9(11,12)10(13,14)15/h2-6H,1H3,(H,17,18). The fraction of sp³-hybridized carbons (Fsp3) is 0.400. The molecule has 0 aliphatic carbocycles. The Morgan fingerprint density at radius 1 is 1.33 bits per heavy atom. The number of alkyl halides is 5. The minimum absolute atomic E-state index is 0.323. The van der Waals surface area contributed by atoms with E-state index in [-0.39, 0.29) is 0 Å². The van der Waals surface area contributed by atoms with Gasteiger partial charge in [0.05, 0.1) is 6.04 Å². The molecule has 1 heterocycles. The molecular formula is C10H9F5N2O. The lowest BCUT2D eigenvalue weighted by Crippen LogP contribution is -2.50. The van der Waals surface area contributed by atoms with E-state index in [2.05, 4.69) is 4.98 Å². The molecule has 1 aromatic heterocycles. The Balaban J connectivity index is 2.78. The molecule has 1 atom stereocenters. The number of amides is 1. The minimum Gasteiger partial charge on any atom is -0.344 e. The average Bonchev–Trinajstić information content (AvgIpc) is 2.28. The highest BCUT2D eigenvalue weighted by Gasteiger charge is 2.63. The monoisotopic (exact) mass is 268 g/mol. The Hall–Kier alpha value is -1.73. The first-order valence-electron chi connectivity index (χ1n) is 4.81. The van der Waals surface area contributed by atoms with Crippen LogP contribution in [0.15, 0.2) is 24.5 Å². The van der Waals surface area contributed by atoms with Crippen LogP contribution in [0.5, 0.6) is 0 Å². The number of rotatable bonds is 3. The van der Waals surface area contributed by atoms with E-state index in [0.29, 0.717) is 5.56 Å². The molecule has 1 amide bonds. The topological polar surface area (TPSA) is 42.0 Å². The highest BCUT2D eigenvalue weighted by atomic mass is 19.4. The fourth-order valence-electron chi connectivity index (χ4n) is 1.13. The van der Waals surface area contributed by atoms with Crippen LogP contribution in [0.4, 0.5) is 22.0 Å². The van der Waals surface area contributed by atoms with Gasteiger partial charge < -0.3 is 5.32 Å². The summed E-state index contributed by atoms with van der Waals surface area (Å²) >= 11 is 0. The Labute approximate surface area is 99.0 Å². The summed E-state index contributed by atoms with van der Waals surface area (Å²) in [7, 11) is 0. The molecule has 0 spiro atoms. The zero-order valence-electron chi connectivity index (χ0n) is 9.13. The molecule has 1 aromatic rings. The van der Waals surface area contributed by atoms with E-state index >= 15 is 0 Å². The zero-order valence-corrected chi connectivity index (χ0v) is 9.13. The van der Waals surface area contributed by atoms with E-state index in [1.165, 1.54) is 31.5 Å². The van der Waals surface area contributed by atoms with Crippen LogP contribution in [-0.4, -0.2) is 23.0 Å². The van der Waals surface area contributed by atoms with Gasteiger partial charge in [-0.2, -0.15) is 22.0 Å². The van der Waals surface area contributed by atoms with Gasteiger partial charge in [-0.3, -0.25) is 9.78 Å². The van der Waals surface area contributed by atoms with E-state index < -0.39 is 24.0 Å². The molecule has 0 aliphatic heterocycles. The third-order valence-electron chi connectivity index (χ3n) is 2.17. The lowest BCUT2D eigenvalue weighted by molar-refractivity contribution is -0.270. The van der Waals surface area contributed by atoms with Crippen molar-refractivity contribution in [2.45, 2.75) is 25.1 Å². The zero-order chi connectivity index (χ0) is 14.0. The molecule has 8 heteroatoms. The fourth-order valence-corrected chi connectivity index (χ4v) is 1.13. The van der Waals surface area contributed by atoms with Crippen molar-refractivity contribution in [2.75, 3.05) is 0 Å². The van der Waals surface area contributed by atoms with Crippen LogP contribution in [-0.2, 0) is 4.79 Å². The van der Waals surface area contributed by atoms with Crippen LogP contribution in [0.25, 0.3) is 0 Å². The Morgan fingerprint density at radius 3 is 2.39 bits per heavy atom. The van der Waals surface area contributed by atoms with E-state index in [0.717, 1.165) is 0 Å². The molecular weight excluding hydrogens is 259 g/mol. The first-order chi connectivity index (χ1) is 8.16. The van der Waals surface area contributed by atoms with Crippen molar-refractivity contribution in [3.05, 3.63) is 30.1 Å². The Morgan fingerprint density at radius 2 is 1.94 bits per heavy atom. The summed E-state index contributed by atoms with van der Waals surface area (Å²) in [6.45, 7) is 1.28. The second kappa shape index (κ2) is 4.87. The van der Waals surface area contributed by atoms with Gasteiger partial charge >= 0.3 is 18.0 Å². The van der Waals surface area contributed by atoms with Gasteiger partial charge in [-0.15, -0.1) is 0 Å². The van der Waals surface area contributed by atoms with Crippen LogP contribution in [0.1, 0.15) is 18.5 Å². The first kappa shape index (κ1) is 14.3. The van der Waals surface area contributed by atoms with Crippen molar-refractivity contribution >= 4 is 5.91 Å². The summed E-state index contributed by atoms with van der Waals surface area (Å²) in [5.41, 5.74) is 0.323. The highest BCUT2D eigenvalue weighted by molar-refractivity contribution is 5.84. The SMILES string of the molecule is CC(NC(=O)C(F)(F)C(F)(F)F)c1cccnc1. The summed E-state index contributed by atoms with van der Waals surface area (Å²) in [5, 5.41) is 1.59. The number of pyridine rings is 1. The molecule has 18 heavy (non-hydrogen) atoms. The van der Waals surface area contributed by atoms with E-state index in [1.54, 1.807) is 5.32 Å². The van der Waals surface area contributed by atoms with Crippen molar-refractivity contribution in [3.63, 3.8) is 0 Å². The lowest BCUT2D eigenvalue weighted by Gasteiger charge is -2.21. The van der Waals surface area contributed by atoms with Gasteiger partial charge in [-0.1, -0.05) is 6.07 Å². The average molecular weight is 268 g/mol. The number of hydrogen-bond donors (Lipinski definition) is 1. The van der Waals surface area contributed by atoms with E-state index in [1.807, 2.05) is 0 Å². The van der Waals surface area contributed by atoms with Gasteiger partial charge in [0.1, 0.15) is 0 Å². The van der Waals surface area contributed by atoms with Crippen molar-refractivity contribution in [1.29, 1.82) is 0 Å². The maximum Gasteiger partial charge on any atom is 0.463 e. The molecule has 0 fully saturated rings. The Bertz CT molecular complexity index is 418. The predicted molar refractivity (Wildman–Crippen MR) is 51.8 cm³/mol. The molecule has 100 valence electrons. The maximum atomic E-state index is 12.6. The van der Waals surface area contributed by atoms with Gasteiger partial charge in [0.15, 0.2) is 0 Å². The van der Waals surface area contributed by atoms with Crippen LogP contribution in [0.3, 0.4) is 0 Å². The number of aromatic nitrogens is 1. The van der Waals surface area contributed by atoms with Gasteiger partial charge in [0, 0.05) is 12.4 Å². The highest BCUT2D eigenvalue weighted by Crippen LogP contribution is 2.35. The molecule has 0 saturated carbocycles. The maximum absolute atomic E-state index is 12.6. The lowest BCUT2D eigenvalue weighted by atomic mass is 10.1. The summed E-state index contributed by atoms with van der Waals surface area (Å²) in [4.78, 5) is 14.6. The van der Waals surface area contributed by atoms with E-state index in [4.69, 9.17) is 0 Å². The number of halogens is 5. The molecule has 1 N–H and O–H groups in total. The molecule has 0 aromatic carbocycles. The molecule has 0 bridgehead atoms. The molecule has 1 rings (SSSR count). The normalized spacial score (nSPS) is 14.1. The number of nitrogens with zero attached hydrogens (tertiary/aromatic N) is 1. The number of carbonyl (C=O) groups is 1. The molecule has 0 radical (unpaired) electrons. The Kier molecular flexibility index (Phi) is 3.88. The smallest absolute Gasteiger partial charge is 0.344 e. The molecule has 3 nitrogen and oxygen atoms in total. The summed E-state index contributed by atoms with van der Waals surface area (Å²) < 4.78 is 61.0. The molecule has 0 aliphatic rings. The van der Waals surface area contributed by atoms with E-state index in [9.17, 15) is 26.7 Å². The first-order valence-corrected chi connectivity index (χ1v) is 4.81. The predicted octanol–water partition coefficient (Wildman–Crippen LogP) is 2.46. The van der Waals surface area contributed by atoms with Gasteiger partial charge in [0.25, 0.3) is 0 Å². The van der Waals surface area contributed by atoms with Crippen LogP contribution in [0, 0.1) is 0 Å². The third kappa shape index (κ3) is 2.93. The second-order valence-electron chi connectivity index (χ2n) is 3.55. The summed E-state index contributed by atoms with van der Waals surface area (Å²) in [6, 6.07) is 1.92. The molecule has 0 saturated heterocycles. The number of hydrogen-bond acceptors (Lipinski definition) is 2. The number of carbonyl (C=O) groups excluding carboxylic acids is 1.